The summed E-state index contributed by atoms with van der Waals surface area (Å²) in [5, 5.41) is 29.2. The molecule has 8 heteroatoms. The Balaban J connectivity index is 2.41. The Hall–Kier alpha value is -2.22. The van der Waals surface area contributed by atoms with Crippen molar-refractivity contribution in [1.29, 1.82) is 0 Å². The Morgan fingerprint density at radius 3 is 2.90 bits per heavy atom. The standard InChI is InChI=1S/C13H17N3O5/c17-6-4-10-3-1-2-5-15(10)12-11(16(20)21)7-9(8-14-12)13(18)19/h7-8,10,17H,1-6H2,(H,18,19). The minimum Gasteiger partial charge on any atom is -0.478 e. The highest BCUT2D eigenvalue weighted by atomic mass is 16.6. The Labute approximate surface area is 121 Å². The van der Waals surface area contributed by atoms with Crippen LogP contribution in [-0.4, -0.2) is 45.3 Å². The first-order valence-corrected chi connectivity index (χ1v) is 6.80. The molecule has 1 fully saturated rings. The zero-order valence-electron chi connectivity index (χ0n) is 11.4. The first-order chi connectivity index (χ1) is 10.0. The maximum atomic E-state index is 11.2. The van der Waals surface area contributed by atoms with E-state index in [9.17, 15) is 14.9 Å². The molecule has 0 aliphatic carbocycles. The number of pyridine rings is 1. The van der Waals surface area contributed by atoms with E-state index in [0.717, 1.165) is 31.5 Å². The SMILES string of the molecule is O=C(O)c1cnc(N2CCCCC2CCO)c([N+](=O)[O-])c1. The number of aromatic nitrogens is 1. The van der Waals surface area contributed by atoms with Gasteiger partial charge >= 0.3 is 11.7 Å². The van der Waals surface area contributed by atoms with Gasteiger partial charge in [-0.15, -0.1) is 0 Å². The summed E-state index contributed by atoms with van der Waals surface area (Å²) in [6.07, 6.45) is 4.37. The molecule has 1 aromatic heterocycles. The number of hydrogen-bond acceptors (Lipinski definition) is 6. The van der Waals surface area contributed by atoms with Gasteiger partial charge in [-0.2, -0.15) is 0 Å². The summed E-state index contributed by atoms with van der Waals surface area (Å²) in [6.45, 7) is 0.618. The van der Waals surface area contributed by atoms with Crippen LogP contribution >= 0.6 is 0 Å². The topological polar surface area (TPSA) is 117 Å². The van der Waals surface area contributed by atoms with E-state index in [1.54, 1.807) is 0 Å². The van der Waals surface area contributed by atoms with Crippen LogP contribution in [0.1, 0.15) is 36.0 Å². The summed E-state index contributed by atoms with van der Waals surface area (Å²) in [7, 11) is 0. The van der Waals surface area contributed by atoms with Crippen molar-refractivity contribution >= 4 is 17.5 Å². The number of aliphatic hydroxyl groups is 1. The molecule has 0 radical (unpaired) electrons. The van der Waals surface area contributed by atoms with Crippen LogP contribution in [0.3, 0.4) is 0 Å². The number of rotatable bonds is 5. The summed E-state index contributed by atoms with van der Waals surface area (Å²) in [5.41, 5.74) is -0.513. The number of aromatic carboxylic acids is 1. The van der Waals surface area contributed by atoms with Gasteiger partial charge in [0.2, 0.25) is 5.82 Å². The fourth-order valence-electron chi connectivity index (χ4n) is 2.65. The fourth-order valence-corrected chi connectivity index (χ4v) is 2.65. The maximum absolute atomic E-state index is 11.2. The monoisotopic (exact) mass is 295 g/mol. The van der Waals surface area contributed by atoms with Crippen molar-refractivity contribution < 1.29 is 19.9 Å². The number of nitro groups is 1. The average Bonchev–Trinajstić information content (AvgIpc) is 2.47. The highest BCUT2D eigenvalue weighted by molar-refractivity contribution is 5.88. The molecule has 1 aliphatic heterocycles. The molecule has 0 aromatic carbocycles. The summed E-state index contributed by atoms with van der Waals surface area (Å²) in [4.78, 5) is 27.3. The van der Waals surface area contributed by atoms with Crippen LogP contribution in [-0.2, 0) is 0 Å². The Kier molecular flexibility index (Phi) is 4.69. The van der Waals surface area contributed by atoms with Crippen molar-refractivity contribution in [2.75, 3.05) is 18.1 Å². The summed E-state index contributed by atoms with van der Waals surface area (Å²) < 4.78 is 0. The van der Waals surface area contributed by atoms with E-state index in [0.29, 0.717) is 13.0 Å². The van der Waals surface area contributed by atoms with E-state index in [1.807, 2.05) is 4.90 Å². The summed E-state index contributed by atoms with van der Waals surface area (Å²) in [6, 6.07) is 1.03. The molecule has 1 atom stereocenters. The second-order valence-corrected chi connectivity index (χ2v) is 4.98. The maximum Gasteiger partial charge on any atom is 0.337 e. The molecule has 114 valence electrons. The van der Waals surface area contributed by atoms with E-state index in [1.165, 1.54) is 0 Å². The zero-order chi connectivity index (χ0) is 15.4. The smallest absolute Gasteiger partial charge is 0.337 e. The molecule has 0 bridgehead atoms. The number of nitrogens with zero attached hydrogens (tertiary/aromatic N) is 3. The van der Waals surface area contributed by atoms with Crippen LogP contribution < -0.4 is 4.90 Å². The lowest BCUT2D eigenvalue weighted by molar-refractivity contribution is -0.384. The number of hydrogen-bond donors (Lipinski definition) is 2. The number of carboxylic acids is 1. The van der Waals surface area contributed by atoms with Crippen molar-refractivity contribution in [3.8, 4) is 0 Å². The first kappa shape index (κ1) is 15.2. The molecule has 1 aromatic rings. The normalized spacial score (nSPS) is 18.5. The van der Waals surface area contributed by atoms with Crippen LogP contribution in [0.5, 0.6) is 0 Å². The van der Waals surface area contributed by atoms with Gasteiger partial charge < -0.3 is 15.1 Å². The van der Waals surface area contributed by atoms with Gasteiger partial charge in [-0.3, -0.25) is 10.1 Å². The lowest BCUT2D eigenvalue weighted by atomic mass is 9.99. The summed E-state index contributed by atoms with van der Waals surface area (Å²) >= 11 is 0. The summed E-state index contributed by atoms with van der Waals surface area (Å²) in [5.74, 6) is -1.06. The Bertz CT molecular complexity index is 547. The van der Waals surface area contributed by atoms with Gasteiger partial charge in [0.05, 0.1) is 10.5 Å². The molecule has 0 amide bonds. The average molecular weight is 295 g/mol. The van der Waals surface area contributed by atoms with Crippen molar-refractivity contribution in [3.05, 3.63) is 27.9 Å². The first-order valence-electron chi connectivity index (χ1n) is 6.80. The van der Waals surface area contributed by atoms with Crippen LogP contribution in [0.25, 0.3) is 0 Å². The third-order valence-electron chi connectivity index (χ3n) is 3.65. The second kappa shape index (κ2) is 6.49. The lowest BCUT2D eigenvalue weighted by Gasteiger charge is -2.36. The van der Waals surface area contributed by atoms with Gasteiger partial charge in [0.1, 0.15) is 0 Å². The largest absolute Gasteiger partial charge is 0.478 e. The predicted octanol–water partition coefficient (Wildman–Crippen LogP) is 1.43. The quantitative estimate of drug-likeness (QED) is 0.623. The van der Waals surface area contributed by atoms with Gasteiger partial charge in [0, 0.05) is 31.5 Å². The number of carbonyl (C=O) groups is 1. The van der Waals surface area contributed by atoms with E-state index >= 15 is 0 Å². The minimum atomic E-state index is -1.25. The molecular formula is C13H17N3O5. The molecule has 2 rings (SSSR count). The molecule has 0 saturated carbocycles. The van der Waals surface area contributed by atoms with Gasteiger partial charge in [0.15, 0.2) is 0 Å². The molecule has 21 heavy (non-hydrogen) atoms. The Morgan fingerprint density at radius 1 is 1.52 bits per heavy atom. The van der Waals surface area contributed by atoms with Crippen molar-refractivity contribution in [2.24, 2.45) is 0 Å². The van der Waals surface area contributed by atoms with E-state index in [4.69, 9.17) is 10.2 Å². The molecule has 1 unspecified atom stereocenters. The van der Waals surface area contributed by atoms with Crippen molar-refractivity contribution in [3.63, 3.8) is 0 Å². The van der Waals surface area contributed by atoms with Crippen LogP contribution in [0.4, 0.5) is 11.5 Å². The van der Waals surface area contributed by atoms with Gasteiger partial charge in [-0.25, -0.2) is 9.78 Å². The van der Waals surface area contributed by atoms with Gasteiger partial charge in [0.25, 0.3) is 0 Å². The number of aliphatic hydroxyl groups excluding tert-OH is 1. The number of piperidine rings is 1. The van der Waals surface area contributed by atoms with E-state index in [-0.39, 0.29) is 29.7 Å². The predicted molar refractivity (Wildman–Crippen MR) is 74.5 cm³/mol. The van der Waals surface area contributed by atoms with Crippen molar-refractivity contribution in [2.45, 2.75) is 31.7 Å². The van der Waals surface area contributed by atoms with Gasteiger partial charge in [-0.05, 0) is 25.7 Å². The highest BCUT2D eigenvalue weighted by Crippen LogP contribution is 2.32. The highest BCUT2D eigenvalue weighted by Gasteiger charge is 2.30. The van der Waals surface area contributed by atoms with Crippen molar-refractivity contribution in [1.82, 2.24) is 4.98 Å². The molecule has 1 aliphatic rings. The van der Waals surface area contributed by atoms with Crippen LogP contribution in [0.2, 0.25) is 0 Å². The molecule has 2 heterocycles. The van der Waals surface area contributed by atoms with E-state index < -0.39 is 10.9 Å². The van der Waals surface area contributed by atoms with Crippen LogP contribution in [0, 0.1) is 10.1 Å². The third kappa shape index (κ3) is 3.27. The third-order valence-corrected chi connectivity index (χ3v) is 3.65. The van der Waals surface area contributed by atoms with Gasteiger partial charge in [-0.1, -0.05) is 0 Å². The molecule has 8 nitrogen and oxygen atoms in total. The zero-order valence-corrected chi connectivity index (χ0v) is 11.4. The fraction of sp³-hybridized carbons (Fsp3) is 0.538. The second-order valence-electron chi connectivity index (χ2n) is 4.98. The molecular weight excluding hydrogens is 278 g/mol. The number of anilines is 1. The molecule has 1 saturated heterocycles. The lowest BCUT2D eigenvalue weighted by Crippen LogP contribution is -2.41. The van der Waals surface area contributed by atoms with Crippen LogP contribution in [0.15, 0.2) is 12.3 Å². The minimum absolute atomic E-state index is 0.00216. The van der Waals surface area contributed by atoms with E-state index in [2.05, 4.69) is 4.98 Å². The number of carboxylic acid groups (broad SMARTS) is 1. The molecule has 2 N–H and O–H groups in total. The molecule has 0 spiro atoms. The Morgan fingerprint density at radius 2 is 2.29 bits per heavy atom.